The molecular formula is C14H13N3O2. The highest BCUT2D eigenvalue weighted by atomic mass is 16.5. The topological polar surface area (TPSA) is 54.4 Å². The van der Waals surface area contributed by atoms with Gasteiger partial charge in [-0.3, -0.25) is 0 Å². The maximum atomic E-state index is 5.71. The Morgan fingerprint density at radius 1 is 1.32 bits per heavy atom. The van der Waals surface area contributed by atoms with E-state index in [1.165, 1.54) is 0 Å². The Morgan fingerprint density at radius 3 is 3.00 bits per heavy atom. The molecule has 0 saturated carbocycles. The van der Waals surface area contributed by atoms with Gasteiger partial charge in [-0.2, -0.15) is 0 Å². The molecule has 1 aliphatic rings. The van der Waals surface area contributed by atoms with Crippen molar-refractivity contribution in [3.05, 3.63) is 36.5 Å². The molecule has 1 atom stereocenters. The van der Waals surface area contributed by atoms with E-state index in [9.17, 15) is 0 Å². The van der Waals surface area contributed by atoms with E-state index >= 15 is 0 Å². The Morgan fingerprint density at radius 2 is 2.21 bits per heavy atom. The Bertz CT molecular complexity index is 800. The van der Waals surface area contributed by atoms with E-state index in [0.29, 0.717) is 11.7 Å². The van der Waals surface area contributed by atoms with Crippen LogP contribution in [0.5, 0.6) is 0 Å². The van der Waals surface area contributed by atoms with Gasteiger partial charge in [0.1, 0.15) is 5.58 Å². The van der Waals surface area contributed by atoms with E-state index in [1.807, 2.05) is 31.5 Å². The number of hydrogen-bond donors (Lipinski definition) is 1. The summed E-state index contributed by atoms with van der Waals surface area (Å²) in [6.45, 7) is 3.92. The quantitative estimate of drug-likeness (QED) is 0.724. The summed E-state index contributed by atoms with van der Waals surface area (Å²) in [5, 5.41) is 4.21. The molecule has 2 aromatic heterocycles. The molecule has 0 fully saturated rings. The van der Waals surface area contributed by atoms with Crippen LogP contribution in [0.2, 0.25) is 0 Å². The van der Waals surface area contributed by atoms with Crippen molar-refractivity contribution >= 4 is 28.0 Å². The molecule has 0 spiro atoms. The van der Waals surface area contributed by atoms with Crippen LogP contribution in [0.3, 0.4) is 0 Å². The number of hydrogen-bond acceptors (Lipinski definition) is 5. The van der Waals surface area contributed by atoms with E-state index < -0.39 is 0 Å². The summed E-state index contributed by atoms with van der Waals surface area (Å²) < 4.78 is 11.1. The van der Waals surface area contributed by atoms with Crippen LogP contribution in [-0.2, 0) is 0 Å². The summed E-state index contributed by atoms with van der Waals surface area (Å²) in [5.74, 6) is 1.12. The maximum absolute atomic E-state index is 5.71. The largest absolute Gasteiger partial charge is 0.424 e. The Kier molecular flexibility index (Phi) is 1.95. The number of aryl methyl sites for hydroxylation is 1. The molecule has 0 radical (unpaired) electrons. The lowest BCUT2D eigenvalue weighted by Gasteiger charge is -2.21. The van der Waals surface area contributed by atoms with Crippen LogP contribution in [-0.4, -0.2) is 11.1 Å². The second-order valence-electron chi connectivity index (χ2n) is 4.72. The van der Waals surface area contributed by atoms with Crippen molar-refractivity contribution in [2.75, 3.05) is 4.90 Å². The minimum absolute atomic E-state index is 0.246. The van der Waals surface area contributed by atoms with Crippen LogP contribution in [0.4, 0.5) is 5.69 Å². The summed E-state index contributed by atoms with van der Waals surface area (Å²) in [6, 6.07) is 6.10. The molecule has 5 heteroatoms. The zero-order chi connectivity index (χ0) is 13.0. The number of benzene rings is 1. The first-order valence-electron chi connectivity index (χ1n) is 6.23. The highest BCUT2D eigenvalue weighted by Crippen LogP contribution is 2.32. The maximum Gasteiger partial charge on any atom is 0.319 e. The minimum atomic E-state index is 0.246. The molecule has 0 aliphatic carbocycles. The molecule has 0 amide bonds. The van der Waals surface area contributed by atoms with Crippen molar-refractivity contribution in [1.82, 2.24) is 10.3 Å². The molecule has 96 valence electrons. The van der Waals surface area contributed by atoms with E-state index in [2.05, 4.69) is 28.2 Å². The van der Waals surface area contributed by atoms with Gasteiger partial charge in [-0.25, -0.2) is 4.98 Å². The summed E-state index contributed by atoms with van der Waals surface area (Å²) in [4.78, 5) is 6.48. The van der Waals surface area contributed by atoms with Crippen LogP contribution in [0.15, 0.2) is 39.4 Å². The lowest BCUT2D eigenvalue weighted by Crippen LogP contribution is -2.31. The third kappa shape index (κ3) is 1.44. The number of fused-ring (bicyclic) bond motifs is 3. The van der Waals surface area contributed by atoms with Gasteiger partial charge in [-0.05, 0) is 19.1 Å². The van der Waals surface area contributed by atoms with Crippen LogP contribution < -0.4 is 10.2 Å². The summed E-state index contributed by atoms with van der Waals surface area (Å²) in [6.07, 6.45) is 4.20. The van der Waals surface area contributed by atoms with Crippen LogP contribution in [0.25, 0.3) is 22.3 Å². The SMILES string of the molecule is Cc1nc2c(o1)oc1cc(N3C=CNC3C)ccc12. The first-order chi connectivity index (χ1) is 9.22. The monoisotopic (exact) mass is 255 g/mol. The Balaban J connectivity index is 1.89. The smallest absolute Gasteiger partial charge is 0.319 e. The fourth-order valence-corrected chi connectivity index (χ4v) is 2.48. The molecule has 4 rings (SSSR count). The van der Waals surface area contributed by atoms with Gasteiger partial charge < -0.3 is 19.1 Å². The van der Waals surface area contributed by atoms with Gasteiger partial charge in [-0.15, -0.1) is 0 Å². The third-order valence-corrected chi connectivity index (χ3v) is 3.41. The highest BCUT2D eigenvalue weighted by molar-refractivity contribution is 6.01. The number of aromatic nitrogens is 1. The zero-order valence-corrected chi connectivity index (χ0v) is 10.7. The lowest BCUT2D eigenvalue weighted by molar-refractivity contribution is 0.472. The van der Waals surface area contributed by atoms with Crippen molar-refractivity contribution in [3.63, 3.8) is 0 Å². The summed E-state index contributed by atoms with van der Waals surface area (Å²) in [5.41, 5.74) is 2.67. The van der Waals surface area contributed by atoms with Gasteiger partial charge in [0.25, 0.3) is 0 Å². The van der Waals surface area contributed by atoms with E-state index in [1.54, 1.807) is 0 Å². The van der Waals surface area contributed by atoms with E-state index in [4.69, 9.17) is 8.83 Å². The number of furan rings is 1. The van der Waals surface area contributed by atoms with Crippen molar-refractivity contribution < 1.29 is 8.83 Å². The third-order valence-electron chi connectivity index (χ3n) is 3.41. The number of oxazole rings is 1. The van der Waals surface area contributed by atoms with Gasteiger partial charge in [0.05, 0.1) is 11.6 Å². The normalized spacial score (nSPS) is 18.6. The molecule has 19 heavy (non-hydrogen) atoms. The average Bonchev–Trinajstić information content (AvgIpc) is 3.02. The van der Waals surface area contributed by atoms with Crippen molar-refractivity contribution in [2.45, 2.75) is 20.0 Å². The molecule has 0 bridgehead atoms. The Labute approximate surface area is 109 Å². The first-order valence-corrected chi connectivity index (χ1v) is 6.23. The predicted molar refractivity (Wildman–Crippen MR) is 72.7 cm³/mol. The fraction of sp³-hybridized carbons (Fsp3) is 0.214. The second kappa shape index (κ2) is 3.54. The van der Waals surface area contributed by atoms with Crippen LogP contribution >= 0.6 is 0 Å². The van der Waals surface area contributed by atoms with Gasteiger partial charge in [0.15, 0.2) is 11.4 Å². The van der Waals surface area contributed by atoms with Gasteiger partial charge in [0, 0.05) is 31.1 Å². The summed E-state index contributed by atoms with van der Waals surface area (Å²) in [7, 11) is 0. The zero-order valence-electron chi connectivity index (χ0n) is 10.7. The van der Waals surface area contributed by atoms with Crippen LogP contribution in [0.1, 0.15) is 12.8 Å². The van der Waals surface area contributed by atoms with E-state index in [-0.39, 0.29) is 6.17 Å². The Hall–Kier alpha value is -2.43. The molecule has 3 aromatic rings. The fourth-order valence-electron chi connectivity index (χ4n) is 2.48. The lowest BCUT2D eigenvalue weighted by atomic mass is 10.2. The first kappa shape index (κ1) is 10.5. The number of rotatable bonds is 1. The summed E-state index contributed by atoms with van der Waals surface area (Å²) >= 11 is 0. The van der Waals surface area contributed by atoms with Gasteiger partial charge in [-0.1, -0.05) is 0 Å². The van der Waals surface area contributed by atoms with Crippen molar-refractivity contribution in [1.29, 1.82) is 0 Å². The van der Waals surface area contributed by atoms with Crippen molar-refractivity contribution in [3.8, 4) is 0 Å². The minimum Gasteiger partial charge on any atom is -0.424 e. The number of anilines is 1. The standard InChI is InChI=1S/C14H13N3O2/c1-8-15-5-6-17(8)10-3-4-11-12(7-10)19-14-13(11)16-9(2)18-14/h3-8,15H,1-2H3. The van der Waals surface area contributed by atoms with Gasteiger partial charge >= 0.3 is 5.78 Å². The number of nitrogens with zero attached hydrogens (tertiary/aromatic N) is 2. The van der Waals surface area contributed by atoms with Gasteiger partial charge in [0.2, 0.25) is 0 Å². The molecule has 1 N–H and O–H groups in total. The van der Waals surface area contributed by atoms with Crippen LogP contribution in [0, 0.1) is 6.92 Å². The van der Waals surface area contributed by atoms with E-state index in [0.717, 1.165) is 22.2 Å². The predicted octanol–water partition coefficient (Wildman–Crippen LogP) is 3.11. The molecule has 1 unspecified atom stereocenters. The molecule has 5 nitrogen and oxygen atoms in total. The molecule has 1 aliphatic heterocycles. The molecule has 1 aromatic carbocycles. The number of nitrogens with one attached hydrogen (secondary N) is 1. The highest BCUT2D eigenvalue weighted by Gasteiger charge is 2.18. The molecular weight excluding hydrogens is 242 g/mol. The second-order valence-corrected chi connectivity index (χ2v) is 4.72. The van der Waals surface area contributed by atoms with Crippen molar-refractivity contribution in [2.24, 2.45) is 0 Å². The average molecular weight is 255 g/mol. The molecule has 0 saturated heterocycles. The molecule has 3 heterocycles.